The monoisotopic (exact) mass is 1110 g/mol. The first-order valence-electron chi connectivity index (χ1n) is 28.0. The normalized spacial score (nSPS) is 19.7. The lowest BCUT2D eigenvalue weighted by Gasteiger charge is -2.41. The maximum absolute atomic E-state index is 14.9. The number of anilines is 1. The summed E-state index contributed by atoms with van der Waals surface area (Å²) in [4.78, 5) is 116. The van der Waals surface area contributed by atoms with E-state index >= 15 is 0 Å². The number of nitrogens with zero attached hydrogens (tertiary/aromatic N) is 2. The third kappa shape index (κ3) is 14.9. The van der Waals surface area contributed by atoms with E-state index in [1.807, 2.05) is 96.1 Å². The van der Waals surface area contributed by atoms with Crippen molar-refractivity contribution >= 4 is 52.9 Å². The fraction of sp³-hybridized carbons (Fsp3) is 0.484. The first-order chi connectivity index (χ1) is 38.4. The number of hydrogen-bond acceptors (Lipinski definition) is 11. The predicted molar refractivity (Wildman–Crippen MR) is 310 cm³/mol. The highest BCUT2D eigenvalue weighted by atomic mass is 16.5. The van der Waals surface area contributed by atoms with Crippen LogP contribution in [0.15, 0.2) is 97.1 Å². The van der Waals surface area contributed by atoms with E-state index in [9.17, 15) is 38.4 Å². The standard InChI is InChI=1S/C62H82N10O9/c1-36(63-9)53(73)69-51(61(3,4)5)59(79)71-33-43-30-44(29-28-42(43)31-49(71)57(77)68-48(35-81-11)39-19-13-12-14-20-39)65-55(75)40-24-26-41(27-25-40)56(76)66-45-32-50(58(78)67-47-23-17-21-38-18-15-16-22-46(38)47)72(34-45)60(80)52(62(6,7)8)70-54(74)37(2)64-10/h12-16,18-20,22,24-30,36-37,45,47-52,63-64H,17,21,23,31-35H2,1-11H3,(H,65,75)(H,66,76)(H,67,78)(H,68,77)(H,69,73)(H,70,74)/t36-,37-,45-,47+,48+,49-,50-,51+,52+/m0/s1. The second-order valence-corrected chi connectivity index (χ2v) is 23.8. The van der Waals surface area contributed by atoms with E-state index in [1.54, 1.807) is 47.2 Å². The highest BCUT2D eigenvalue weighted by Crippen LogP contribution is 2.34. The van der Waals surface area contributed by atoms with E-state index in [-0.39, 0.29) is 67.4 Å². The van der Waals surface area contributed by atoms with Crippen LogP contribution in [0, 0.1) is 10.8 Å². The molecule has 1 aliphatic carbocycles. The SMILES string of the molecule is CN[C@@H](C)C(=O)N[C@H](C(=O)N1Cc2cc(NC(=O)c3ccc(C(=O)N[C@H]4C[C@@H](C(=O)N[C@@H]5CCCc6ccccc65)N(C(=O)[C@@H](NC(=O)[C@H](C)NC)C(C)(C)C)C4)cc3)ccc2C[C@H]1C(=O)N[C@H](COC)c1ccccc1)C(C)(C)C. The van der Waals surface area contributed by atoms with Gasteiger partial charge >= 0.3 is 0 Å². The van der Waals surface area contributed by atoms with E-state index in [1.165, 1.54) is 39.6 Å². The Morgan fingerprint density at radius 2 is 1.21 bits per heavy atom. The van der Waals surface area contributed by atoms with Gasteiger partial charge in [-0.15, -0.1) is 0 Å². The summed E-state index contributed by atoms with van der Waals surface area (Å²) in [5, 5.41) is 24.0. The molecule has 3 aliphatic rings. The maximum atomic E-state index is 14.9. The lowest BCUT2D eigenvalue weighted by molar-refractivity contribution is -0.147. The second kappa shape index (κ2) is 26.4. The Hall–Kier alpha value is -7.48. The van der Waals surface area contributed by atoms with Gasteiger partial charge in [0.1, 0.15) is 24.2 Å². The topological polar surface area (TPSA) is 249 Å². The van der Waals surface area contributed by atoms with Gasteiger partial charge in [-0.1, -0.05) is 102 Å². The number of ether oxygens (including phenoxy) is 1. The van der Waals surface area contributed by atoms with Crippen LogP contribution in [0.2, 0.25) is 0 Å². The fourth-order valence-corrected chi connectivity index (χ4v) is 10.7. The molecule has 0 radical (unpaired) electrons. The molecule has 4 aromatic rings. The van der Waals surface area contributed by atoms with E-state index in [0.29, 0.717) is 11.3 Å². The molecule has 0 spiro atoms. The molecule has 1 saturated heterocycles. The van der Waals surface area contributed by atoms with Crippen molar-refractivity contribution in [2.45, 2.75) is 148 Å². The second-order valence-electron chi connectivity index (χ2n) is 23.8. The number of aryl methyl sites for hydroxylation is 1. The Bertz CT molecular complexity index is 2940. The summed E-state index contributed by atoms with van der Waals surface area (Å²) in [7, 11) is 4.86. The molecule has 7 rings (SSSR count). The molecule has 4 aromatic carbocycles. The zero-order valence-electron chi connectivity index (χ0n) is 48.7. The first-order valence-corrected chi connectivity index (χ1v) is 28.0. The van der Waals surface area contributed by atoms with Gasteiger partial charge in [0.15, 0.2) is 0 Å². The minimum atomic E-state index is -1.00. The average Bonchev–Trinajstić information content (AvgIpc) is 3.88. The van der Waals surface area contributed by atoms with Crippen LogP contribution in [-0.2, 0) is 52.9 Å². The van der Waals surface area contributed by atoms with Crippen molar-refractivity contribution in [3.8, 4) is 0 Å². The summed E-state index contributed by atoms with van der Waals surface area (Å²) in [6, 6.07) is 22.4. The number of fused-ring (bicyclic) bond motifs is 2. The quantitative estimate of drug-likeness (QED) is 0.0630. The molecular formula is C62H82N10O9. The third-order valence-electron chi connectivity index (χ3n) is 15.8. The van der Waals surface area contributed by atoms with Crippen LogP contribution in [0.1, 0.15) is 135 Å². The molecule has 0 unspecified atom stereocenters. The molecule has 2 heterocycles. The van der Waals surface area contributed by atoms with Crippen molar-refractivity contribution in [1.82, 2.24) is 47.0 Å². The van der Waals surface area contributed by atoms with Crippen LogP contribution >= 0.6 is 0 Å². The molecule has 0 aromatic heterocycles. The number of nitrogens with one attached hydrogen (secondary N) is 8. The van der Waals surface area contributed by atoms with E-state index < -0.39 is 88.7 Å². The summed E-state index contributed by atoms with van der Waals surface area (Å²) in [6.45, 7) is 14.7. The highest BCUT2D eigenvalue weighted by molar-refractivity contribution is 6.05. The zero-order chi connectivity index (χ0) is 58.9. The Balaban J connectivity index is 1.07. The largest absolute Gasteiger partial charge is 0.382 e. The number of carbonyl (C=O) groups excluding carboxylic acids is 8. The molecule has 8 N–H and O–H groups in total. The molecule has 434 valence electrons. The molecule has 2 aliphatic heterocycles. The summed E-state index contributed by atoms with van der Waals surface area (Å²) in [5.41, 5.74) is 3.99. The average molecular weight is 1110 g/mol. The Morgan fingerprint density at radius 3 is 1.80 bits per heavy atom. The first kappa shape index (κ1) is 61.1. The number of rotatable bonds is 19. The lowest BCUT2D eigenvalue weighted by Crippen LogP contribution is -2.62. The number of amides is 8. The van der Waals surface area contributed by atoms with Gasteiger partial charge in [-0.05, 0) is 129 Å². The molecule has 81 heavy (non-hydrogen) atoms. The predicted octanol–water partition coefficient (Wildman–Crippen LogP) is 4.87. The lowest BCUT2D eigenvalue weighted by atomic mass is 9.84. The molecule has 19 nitrogen and oxygen atoms in total. The van der Waals surface area contributed by atoms with Crippen molar-refractivity contribution in [3.63, 3.8) is 0 Å². The van der Waals surface area contributed by atoms with Crippen molar-refractivity contribution < 1.29 is 43.1 Å². The Morgan fingerprint density at radius 1 is 0.630 bits per heavy atom. The minimum absolute atomic E-state index is 0.00114. The fourth-order valence-electron chi connectivity index (χ4n) is 10.7. The molecular weight excluding hydrogens is 1030 g/mol. The van der Waals surface area contributed by atoms with Gasteiger partial charge in [0.05, 0.1) is 30.8 Å². The van der Waals surface area contributed by atoms with Crippen molar-refractivity contribution in [2.75, 3.05) is 39.7 Å². The number of methoxy groups -OCH3 is 1. The van der Waals surface area contributed by atoms with Gasteiger partial charge in [-0.2, -0.15) is 0 Å². The molecule has 19 heteroatoms. The van der Waals surface area contributed by atoms with Gasteiger partial charge in [0.2, 0.25) is 35.4 Å². The van der Waals surface area contributed by atoms with Crippen molar-refractivity contribution in [2.24, 2.45) is 10.8 Å². The molecule has 0 bridgehead atoms. The smallest absolute Gasteiger partial charge is 0.255 e. The highest BCUT2D eigenvalue weighted by Gasteiger charge is 2.47. The van der Waals surface area contributed by atoms with E-state index in [4.69, 9.17) is 4.74 Å². The van der Waals surface area contributed by atoms with Gasteiger partial charge in [-0.25, -0.2) is 0 Å². The molecule has 1 fully saturated rings. The number of likely N-dealkylation sites (N-methyl/N-ethyl adjacent to an activating group) is 2. The van der Waals surface area contributed by atoms with Crippen LogP contribution in [0.25, 0.3) is 0 Å². The van der Waals surface area contributed by atoms with Crippen LogP contribution < -0.4 is 42.5 Å². The van der Waals surface area contributed by atoms with E-state index in [2.05, 4.69) is 48.6 Å². The van der Waals surface area contributed by atoms with Crippen molar-refractivity contribution in [3.05, 3.63) is 136 Å². The number of carbonyl (C=O) groups is 8. The Kier molecular flexibility index (Phi) is 19.9. The number of hydrogen-bond donors (Lipinski definition) is 8. The van der Waals surface area contributed by atoms with Gasteiger partial charge in [0.25, 0.3) is 11.8 Å². The number of likely N-dealkylation sites (tertiary alicyclic amines) is 1. The summed E-state index contributed by atoms with van der Waals surface area (Å²) < 4.78 is 5.49. The third-order valence-corrected chi connectivity index (χ3v) is 15.8. The summed E-state index contributed by atoms with van der Waals surface area (Å²) in [6.07, 6.45) is 2.82. The van der Waals surface area contributed by atoms with Crippen LogP contribution in [0.4, 0.5) is 5.69 Å². The van der Waals surface area contributed by atoms with Gasteiger partial charge in [-0.3, -0.25) is 38.4 Å². The summed E-state index contributed by atoms with van der Waals surface area (Å²) >= 11 is 0. The van der Waals surface area contributed by atoms with E-state index in [0.717, 1.165) is 36.0 Å². The maximum Gasteiger partial charge on any atom is 0.255 e. The van der Waals surface area contributed by atoms with Crippen molar-refractivity contribution in [1.29, 1.82) is 0 Å². The van der Waals surface area contributed by atoms with Crippen LogP contribution in [0.3, 0.4) is 0 Å². The van der Waals surface area contributed by atoms with Crippen LogP contribution in [-0.4, -0.2) is 134 Å². The van der Waals surface area contributed by atoms with Gasteiger partial charge < -0.3 is 57.1 Å². The molecule has 0 saturated carbocycles. The summed E-state index contributed by atoms with van der Waals surface area (Å²) in [5.74, 6) is -3.28. The molecule has 8 amide bonds. The minimum Gasteiger partial charge on any atom is -0.382 e. The van der Waals surface area contributed by atoms with Gasteiger partial charge in [0, 0.05) is 49.5 Å². The Labute approximate surface area is 476 Å². The van der Waals surface area contributed by atoms with Crippen LogP contribution in [0.5, 0.6) is 0 Å². The number of benzene rings is 4. The molecule has 9 atom stereocenters. The zero-order valence-corrected chi connectivity index (χ0v) is 48.7.